The van der Waals surface area contributed by atoms with Crippen molar-refractivity contribution in [3.8, 4) is 17.2 Å². The number of hydrogen-bond acceptors (Lipinski definition) is 7. The summed E-state index contributed by atoms with van der Waals surface area (Å²) in [6.45, 7) is 0.603. The second-order valence-electron chi connectivity index (χ2n) is 6.59. The van der Waals surface area contributed by atoms with E-state index < -0.39 is 12.5 Å². The number of thioether (sulfide) groups is 1. The first-order valence-electron chi connectivity index (χ1n) is 9.56. The van der Waals surface area contributed by atoms with E-state index in [1.165, 1.54) is 48.2 Å². The predicted octanol–water partition coefficient (Wildman–Crippen LogP) is 4.46. The van der Waals surface area contributed by atoms with Crippen LogP contribution in [0.5, 0.6) is 17.2 Å². The monoisotopic (exact) mass is 462 g/mol. The Hall–Kier alpha value is -3.40. The number of anilines is 1. The molecule has 0 aliphatic carbocycles. The topological polar surface area (TPSA) is 88.4 Å². The van der Waals surface area contributed by atoms with E-state index in [1.807, 2.05) is 0 Å². The quantitative estimate of drug-likeness (QED) is 0.583. The van der Waals surface area contributed by atoms with E-state index in [9.17, 15) is 23.5 Å². The predicted molar refractivity (Wildman–Crippen MR) is 118 cm³/mol. The largest absolute Gasteiger partial charge is 0.504 e. The van der Waals surface area contributed by atoms with Crippen LogP contribution in [0.3, 0.4) is 0 Å². The Labute approximate surface area is 187 Å². The highest BCUT2D eigenvalue weighted by atomic mass is 32.2. The molecule has 2 aromatic rings. The Morgan fingerprint density at radius 1 is 1.25 bits per heavy atom. The van der Waals surface area contributed by atoms with Crippen molar-refractivity contribution in [1.29, 1.82) is 0 Å². The molecule has 0 spiro atoms. The molecule has 168 valence electrons. The molecule has 0 atom stereocenters. The number of rotatable bonds is 8. The number of halogens is 2. The lowest BCUT2D eigenvalue weighted by atomic mass is 10.1. The summed E-state index contributed by atoms with van der Waals surface area (Å²) in [5.41, 5.74) is 1.07. The van der Waals surface area contributed by atoms with Crippen LogP contribution in [0.1, 0.15) is 19.4 Å². The molecule has 10 heteroatoms. The number of phenols is 1. The fourth-order valence-corrected chi connectivity index (χ4v) is 3.63. The minimum absolute atomic E-state index is 0.0271. The van der Waals surface area contributed by atoms with Crippen molar-refractivity contribution in [3.63, 3.8) is 0 Å². The zero-order valence-electron chi connectivity index (χ0n) is 17.2. The van der Waals surface area contributed by atoms with Crippen molar-refractivity contribution in [2.24, 2.45) is 4.99 Å². The van der Waals surface area contributed by atoms with Crippen LogP contribution in [0.4, 0.5) is 14.5 Å². The Kier molecular flexibility index (Phi) is 7.47. The van der Waals surface area contributed by atoms with Crippen molar-refractivity contribution in [1.82, 2.24) is 0 Å². The molecule has 0 bridgehead atoms. The third-order valence-electron chi connectivity index (χ3n) is 4.14. The minimum Gasteiger partial charge on any atom is -0.504 e. The summed E-state index contributed by atoms with van der Waals surface area (Å²) in [6, 6.07) is 10.2. The average molecular weight is 462 g/mol. The summed E-state index contributed by atoms with van der Waals surface area (Å²) in [5.74, 6) is -0.244. The summed E-state index contributed by atoms with van der Waals surface area (Å²) in [7, 11) is 0. The summed E-state index contributed by atoms with van der Waals surface area (Å²) >= 11 is 1.09. The molecule has 2 aromatic carbocycles. The standard InChI is InChI=1S/C22H20F2N2O5S/c1-3-30-19-11-14(4-9-18(19)28)10-17-20(29)26(22(25-17)32-12-13(2)27)15-5-7-16(8-6-15)31-21(23)24/h4-11,21,28H,3,12H2,1-2H3. The highest BCUT2D eigenvalue weighted by Gasteiger charge is 2.32. The summed E-state index contributed by atoms with van der Waals surface area (Å²) < 4.78 is 34.5. The Balaban J connectivity index is 1.94. The fourth-order valence-electron chi connectivity index (χ4n) is 2.81. The number of nitrogens with zero attached hydrogens (tertiary/aromatic N) is 2. The number of carbonyl (C=O) groups excluding carboxylic acids is 2. The molecule has 32 heavy (non-hydrogen) atoms. The second-order valence-corrected chi connectivity index (χ2v) is 7.53. The van der Waals surface area contributed by atoms with E-state index in [4.69, 9.17) is 4.74 Å². The number of ether oxygens (including phenoxy) is 2. The van der Waals surface area contributed by atoms with Gasteiger partial charge in [0.1, 0.15) is 17.2 Å². The summed E-state index contributed by atoms with van der Waals surface area (Å²) in [5, 5.41) is 10.2. The third kappa shape index (κ3) is 5.64. The molecule has 0 saturated heterocycles. The van der Waals surface area contributed by atoms with E-state index in [-0.39, 0.29) is 39.6 Å². The van der Waals surface area contributed by atoms with Gasteiger partial charge in [0.25, 0.3) is 5.91 Å². The number of amides is 1. The number of phenolic OH excluding ortho intramolecular Hbond substituents is 1. The molecule has 1 amide bonds. The van der Waals surface area contributed by atoms with Crippen molar-refractivity contribution in [2.75, 3.05) is 17.3 Å². The number of Topliss-reactive ketones (excluding diaryl/α,β-unsaturated/α-hetero) is 1. The van der Waals surface area contributed by atoms with Gasteiger partial charge in [0.2, 0.25) is 0 Å². The Morgan fingerprint density at radius 2 is 1.97 bits per heavy atom. The SMILES string of the molecule is CCOc1cc(C=C2N=C(SCC(C)=O)N(c3ccc(OC(F)F)cc3)C2=O)ccc1O. The normalized spacial score (nSPS) is 14.8. The Bertz CT molecular complexity index is 1070. The van der Waals surface area contributed by atoms with Crippen molar-refractivity contribution in [3.05, 3.63) is 53.7 Å². The van der Waals surface area contributed by atoms with Gasteiger partial charge in [-0.05, 0) is 61.9 Å². The number of alkyl halides is 2. The van der Waals surface area contributed by atoms with Crippen molar-refractivity contribution >= 4 is 40.4 Å². The van der Waals surface area contributed by atoms with E-state index in [2.05, 4.69) is 9.73 Å². The lowest BCUT2D eigenvalue weighted by Gasteiger charge is -2.18. The van der Waals surface area contributed by atoms with Crippen LogP contribution in [-0.2, 0) is 9.59 Å². The Morgan fingerprint density at radius 3 is 2.59 bits per heavy atom. The molecule has 0 aromatic heterocycles. The molecular formula is C22H20F2N2O5S. The zero-order valence-corrected chi connectivity index (χ0v) is 18.1. The maximum Gasteiger partial charge on any atom is 0.387 e. The molecule has 0 radical (unpaired) electrons. The maximum atomic E-state index is 13.1. The van der Waals surface area contributed by atoms with Gasteiger partial charge in [-0.3, -0.25) is 14.5 Å². The van der Waals surface area contributed by atoms with Crippen molar-refractivity contribution in [2.45, 2.75) is 20.5 Å². The molecule has 0 fully saturated rings. The van der Waals surface area contributed by atoms with E-state index in [0.29, 0.717) is 17.9 Å². The van der Waals surface area contributed by atoms with Gasteiger partial charge in [-0.15, -0.1) is 0 Å². The number of hydrogen-bond donors (Lipinski definition) is 1. The molecule has 1 N–H and O–H groups in total. The second kappa shape index (κ2) is 10.3. The van der Waals surface area contributed by atoms with E-state index >= 15 is 0 Å². The van der Waals surface area contributed by atoms with Crippen LogP contribution in [0.2, 0.25) is 0 Å². The first-order chi connectivity index (χ1) is 15.3. The number of aromatic hydroxyl groups is 1. The number of amidine groups is 1. The van der Waals surface area contributed by atoms with E-state index in [1.54, 1.807) is 19.1 Å². The van der Waals surface area contributed by atoms with Crippen molar-refractivity contribution < 1.29 is 33.0 Å². The van der Waals surface area contributed by atoms with Crippen LogP contribution in [0.25, 0.3) is 6.08 Å². The first-order valence-corrected chi connectivity index (χ1v) is 10.5. The van der Waals surface area contributed by atoms with Gasteiger partial charge in [-0.1, -0.05) is 17.8 Å². The molecule has 1 heterocycles. The minimum atomic E-state index is -2.96. The molecule has 1 aliphatic heterocycles. The van der Waals surface area contributed by atoms with Crippen LogP contribution >= 0.6 is 11.8 Å². The lowest BCUT2D eigenvalue weighted by Crippen LogP contribution is -2.30. The van der Waals surface area contributed by atoms with Gasteiger partial charge in [0.15, 0.2) is 16.7 Å². The number of aliphatic imine (C=N–C) groups is 1. The average Bonchev–Trinajstić information content (AvgIpc) is 3.04. The molecular weight excluding hydrogens is 442 g/mol. The highest BCUT2D eigenvalue weighted by Crippen LogP contribution is 2.32. The molecule has 0 saturated carbocycles. The van der Waals surface area contributed by atoms with Gasteiger partial charge in [-0.2, -0.15) is 8.78 Å². The lowest BCUT2D eigenvalue weighted by molar-refractivity contribution is -0.115. The van der Waals surface area contributed by atoms with Crippen LogP contribution in [0.15, 0.2) is 53.2 Å². The summed E-state index contributed by atoms with van der Waals surface area (Å²) in [6.07, 6.45) is 1.53. The zero-order chi connectivity index (χ0) is 23.3. The molecule has 3 rings (SSSR count). The number of carbonyl (C=O) groups is 2. The molecule has 0 unspecified atom stereocenters. The highest BCUT2D eigenvalue weighted by molar-refractivity contribution is 8.14. The van der Waals surface area contributed by atoms with Gasteiger partial charge in [-0.25, -0.2) is 4.99 Å². The van der Waals surface area contributed by atoms with Crippen LogP contribution in [-0.4, -0.2) is 40.9 Å². The first kappa shape index (κ1) is 23.3. The third-order valence-corrected chi connectivity index (χ3v) is 5.22. The number of ketones is 1. The van der Waals surface area contributed by atoms with Gasteiger partial charge < -0.3 is 14.6 Å². The van der Waals surface area contributed by atoms with E-state index in [0.717, 1.165) is 11.8 Å². The molecule has 7 nitrogen and oxygen atoms in total. The molecule has 1 aliphatic rings. The maximum absolute atomic E-state index is 13.1. The fraction of sp³-hybridized carbons (Fsp3) is 0.227. The smallest absolute Gasteiger partial charge is 0.387 e. The number of benzene rings is 2. The summed E-state index contributed by atoms with van der Waals surface area (Å²) in [4.78, 5) is 30.2. The van der Waals surface area contributed by atoms with Gasteiger partial charge >= 0.3 is 6.61 Å². The van der Waals surface area contributed by atoms with Crippen LogP contribution in [0, 0.1) is 0 Å². The van der Waals surface area contributed by atoms with Gasteiger partial charge in [0.05, 0.1) is 18.0 Å². The van der Waals surface area contributed by atoms with Crippen LogP contribution < -0.4 is 14.4 Å². The van der Waals surface area contributed by atoms with Gasteiger partial charge in [0, 0.05) is 0 Å².